The lowest BCUT2D eigenvalue weighted by Crippen LogP contribution is -2.47. The van der Waals surface area contributed by atoms with E-state index in [0.29, 0.717) is 54.4 Å². The number of amides is 2. The first-order valence-corrected chi connectivity index (χ1v) is 16.1. The van der Waals surface area contributed by atoms with Gasteiger partial charge in [0, 0.05) is 54.2 Å². The number of aromatic nitrogens is 1. The third-order valence-electron chi connectivity index (χ3n) is 9.35. The molecule has 47 heavy (non-hydrogen) atoms. The molecule has 1 aromatic heterocycles. The summed E-state index contributed by atoms with van der Waals surface area (Å²) < 4.78 is 17.2. The highest BCUT2D eigenvalue weighted by Gasteiger charge is 2.33. The van der Waals surface area contributed by atoms with Crippen LogP contribution in [0.15, 0.2) is 53.3 Å². The molecule has 10 nitrogen and oxygen atoms in total. The average Bonchev–Trinajstić information content (AvgIpc) is 3.27. The Hall–Kier alpha value is -4.99. The molecule has 2 atom stereocenters. The van der Waals surface area contributed by atoms with Crippen molar-refractivity contribution in [3.63, 3.8) is 0 Å². The Morgan fingerprint density at radius 3 is 2.45 bits per heavy atom. The monoisotopic (exact) mass is 638 g/mol. The van der Waals surface area contributed by atoms with Crippen molar-refractivity contribution in [3.8, 4) is 28.4 Å². The van der Waals surface area contributed by atoms with Crippen LogP contribution < -0.4 is 30.3 Å². The molecule has 0 saturated carbocycles. The molecular formula is C37H42N4O6. The van der Waals surface area contributed by atoms with Crippen LogP contribution in [0.1, 0.15) is 55.6 Å². The van der Waals surface area contributed by atoms with Crippen LogP contribution >= 0.6 is 0 Å². The standard InChI is InChI=1S/C37H42N4O6/c1-20(2)34(37(44)41-16-15-29-26(19-41)23-9-7-8-10-27(23)39-29)40-30-14-12-24-25(18-31(30)43)28(38-21(3)42)13-11-22-17-32(45-4)35(46-5)36(47-6)33(22)24/h7-10,12,14,17-18,20,28,34,39H,11,13,15-16,19H2,1-6H3,(H,38,42)(H,40,43)/t28-,34-/m0/s1. The largest absolute Gasteiger partial charge is 0.493 e. The van der Waals surface area contributed by atoms with Crippen LogP contribution in [0.3, 0.4) is 0 Å². The van der Waals surface area contributed by atoms with Gasteiger partial charge in [-0.1, -0.05) is 38.1 Å². The Kier molecular flexibility index (Phi) is 8.86. The minimum Gasteiger partial charge on any atom is -0.493 e. The number of ether oxygens (including phenoxy) is 3. The number of nitrogens with one attached hydrogen (secondary N) is 3. The van der Waals surface area contributed by atoms with Gasteiger partial charge >= 0.3 is 0 Å². The molecule has 4 aromatic rings. The summed E-state index contributed by atoms with van der Waals surface area (Å²) in [4.78, 5) is 45.8. The third-order valence-corrected chi connectivity index (χ3v) is 9.35. The summed E-state index contributed by atoms with van der Waals surface area (Å²) in [6, 6.07) is 14.2. The number of carbonyl (C=O) groups excluding carboxylic acids is 2. The molecule has 1 aliphatic carbocycles. The van der Waals surface area contributed by atoms with Gasteiger partial charge in [-0.3, -0.25) is 14.4 Å². The molecule has 0 spiro atoms. The number of nitrogens with zero attached hydrogens (tertiary/aromatic N) is 1. The maximum atomic E-state index is 14.1. The number of H-pyrrole nitrogens is 1. The summed E-state index contributed by atoms with van der Waals surface area (Å²) in [7, 11) is 4.70. The summed E-state index contributed by atoms with van der Waals surface area (Å²) in [5, 5.41) is 7.50. The number of fused-ring (bicyclic) bond motifs is 6. The zero-order valence-corrected chi connectivity index (χ0v) is 27.8. The number of para-hydroxylation sites is 1. The van der Waals surface area contributed by atoms with Gasteiger partial charge < -0.3 is 34.7 Å². The summed E-state index contributed by atoms with van der Waals surface area (Å²) in [5.41, 5.74) is 6.52. The molecule has 2 heterocycles. The van der Waals surface area contributed by atoms with Gasteiger partial charge in [-0.15, -0.1) is 0 Å². The van der Waals surface area contributed by atoms with E-state index in [9.17, 15) is 14.4 Å². The maximum absolute atomic E-state index is 14.1. The predicted octanol–water partition coefficient (Wildman–Crippen LogP) is 5.37. The number of aryl methyl sites for hydroxylation is 1. The van der Waals surface area contributed by atoms with E-state index >= 15 is 0 Å². The minimum absolute atomic E-state index is 0.0524. The topological polar surface area (TPSA) is 122 Å². The van der Waals surface area contributed by atoms with E-state index in [2.05, 4.69) is 27.8 Å². The van der Waals surface area contributed by atoms with Crippen LogP contribution in [-0.2, 0) is 29.0 Å². The van der Waals surface area contributed by atoms with Crippen molar-refractivity contribution in [1.29, 1.82) is 0 Å². The van der Waals surface area contributed by atoms with Crippen LogP contribution in [0, 0.1) is 5.92 Å². The molecule has 0 fully saturated rings. The van der Waals surface area contributed by atoms with Crippen molar-refractivity contribution < 1.29 is 23.8 Å². The molecule has 3 aromatic carbocycles. The maximum Gasteiger partial charge on any atom is 0.245 e. The van der Waals surface area contributed by atoms with Crippen molar-refractivity contribution in [2.45, 2.75) is 58.7 Å². The predicted molar refractivity (Wildman–Crippen MR) is 182 cm³/mol. The number of rotatable bonds is 8. The van der Waals surface area contributed by atoms with E-state index in [1.54, 1.807) is 33.5 Å². The van der Waals surface area contributed by atoms with Gasteiger partial charge in [0.25, 0.3) is 0 Å². The number of anilines is 1. The van der Waals surface area contributed by atoms with Crippen LogP contribution in [0.25, 0.3) is 22.0 Å². The van der Waals surface area contributed by atoms with Crippen LogP contribution in [0.2, 0.25) is 0 Å². The molecule has 2 aliphatic rings. The van der Waals surface area contributed by atoms with Gasteiger partial charge in [0.1, 0.15) is 6.04 Å². The number of hydrogen-bond donors (Lipinski definition) is 3. The van der Waals surface area contributed by atoms with Gasteiger partial charge in [0.05, 0.1) is 33.1 Å². The first kappa shape index (κ1) is 32.0. The first-order chi connectivity index (χ1) is 22.6. The minimum atomic E-state index is -0.631. The van der Waals surface area contributed by atoms with Crippen LogP contribution in [-0.4, -0.2) is 55.6 Å². The van der Waals surface area contributed by atoms with Gasteiger partial charge in [-0.25, -0.2) is 0 Å². The molecule has 0 saturated heterocycles. The molecule has 0 bridgehead atoms. The van der Waals surface area contributed by atoms with Crippen LogP contribution in [0.5, 0.6) is 17.2 Å². The molecule has 10 heteroatoms. The number of methoxy groups -OCH3 is 3. The molecule has 2 amide bonds. The fourth-order valence-electron chi connectivity index (χ4n) is 7.06. The molecular weight excluding hydrogens is 596 g/mol. The van der Waals surface area contributed by atoms with Crippen molar-refractivity contribution in [1.82, 2.24) is 15.2 Å². The second kappa shape index (κ2) is 13.0. The SMILES string of the molecule is COc1cc2c(c(OC)c1OC)-c1ccc(N[C@H](C(=O)N3CCc4[nH]c5ccccc5c4C3)C(C)C)c(=O)cc1[C@@H](NC(C)=O)CC2. The first-order valence-electron chi connectivity index (χ1n) is 16.1. The Balaban J connectivity index is 1.40. The molecule has 1 aliphatic heterocycles. The quantitative estimate of drug-likeness (QED) is 0.237. The highest BCUT2D eigenvalue weighted by molar-refractivity contribution is 5.89. The Morgan fingerprint density at radius 1 is 0.979 bits per heavy atom. The number of benzene rings is 2. The molecule has 0 unspecified atom stereocenters. The van der Waals surface area contributed by atoms with E-state index in [0.717, 1.165) is 39.6 Å². The molecule has 0 radical (unpaired) electrons. The number of hydrogen-bond acceptors (Lipinski definition) is 7. The second-order valence-corrected chi connectivity index (χ2v) is 12.6. The average molecular weight is 639 g/mol. The zero-order chi connectivity index (χ0) is 33.4. The van der Waals surface area contributed by atoms with E-state index in [-0.39, 0.29) is 23.2 Å². The van der Waals surface area contributed by atoms with E-state index < -0.39 is 12.1 Å². The Labute approximate surface area is 274 Å². The lowest BCUT2D eigenvalue weighted by Gasteiger charge is -2.32. The third kappa shape index (κ3) is 5.88. The molecule has 246 valence electrons. The summed E-state index contributed by atoms with van der Waals surface area (Å²) in [5.74, 6) is 1.11. The number of aromatic amines is 1. The highest BCUT2D eigenvalue weighted by atomic mass is 16.5. The fraction of sp³-hybridized carbons (Fsp3) is 0.378. The molecule has 3 N–H and O–H groups in total. The fourth-order valence-corrected chi connectivity index (χ4v) is 7.06. The summed E-state index contributed by atoms with van der Waals surface area (Å²) in [6.45, 7) is 6.52. The number of carbonyl (C=O) groups is 2. The summed E-state index contributed by atoms with van der Waals surface area (Å²) in [6.07, 6.45) is 1.90. The normalized spacial score (nSPS) is 16.0. The van der Waals surface area contributed by atoms with Gasteiger partial charge in [-0.05, 0) is 59.7 Å². The van der Waals surface area contributed by atoms with Gasteiger partial charge in [-0.2, -0.15) is 0 Å². The van der Waals surface area contributed by atoms with Gasteiger partial charge in [0.2, 0.25) is 23.0 Å². The lowest BCUT2D eigenvalue weighted by molar-refractivity contribution is -0.133. The van der Waals surface area contributed by atoms with Crippen molar-refractivity contribution in [2.24, 2.45) is 5.92 Å². The van der Waals surface area contributed by atoms with Gasteiger partial charge in [0.15, 0.2) is 11.5 Å². The van der Waals surface area contributed by atoms with Crippen molar-refractivity contribution >= 4 is 28.4 Å². The van der Waals surface area contributed by atoms with Crippen molar-refractivity contribution in [2.75, 3.05) is 33.2 Å². The second-order valence-electron chi connectivity index (χ2n) is 12.6. The highest BCUT2D eigenvalue weighted by Crippen LogP contribution is 2.50. The summed E-state index contributed by atoms with van der Waals surface area (Å²) >= 11 is 0. The van der Waals surface area contributed by atoms with E-state index in [1.165, 1.54) is 12.6 Å². The van der Waals surface area contributed by atoms with E-state index in [1.807, 2.05) is 43.0 Å². The Bertz CT molecular complexity index is 1920. The van der Waals surface area contributed by atoms with Crippen LogP contribution in [0.4, 0.5) is 5.69 Å². The smallest absolute Gasteiger partial charge is 0.245 e. The lowest BCUT2D eigenvalue weighted by atomic mass is 9.95. The molecule has 6 rings (SSSR count). The Morgan fingerprint density at radius 2 is 1.74 bits per heavy atom. The zero-order valence-electron chi connectivity index (χ0n) is 27.8. The van der Waals surface area contributed by atoms with Crippen molar-refractivity contribution in [3.05, 3.63) is 81.1 Å². The van der Waals surface area contributed by atoms with E-state index in [4.69, 9.17) is 14.2 Å².